The van der Waals surface area contributed by atoms with E-state index < -0.39 is 49.2 Å². The van der Waals surface area contributed by atoms with Gasteiger partial charge in [0.1, 0.15) is 11.9 Å². The zero-order valence-corrected chi connectivity index (χ0v) is 16.7. The van der Waals surface area contributed by atoms with Crippen molar-refractivity contribution < 1.29 is 32.8 Å². The third kappa shape index (κ3) is 4.69. The SMILES string of the molecule is Nc1ccn([C@@H]2O[C@H](COP(O)(=S)NC(=O)c3cccnc3)[C@@H](O)C2(F)F)c(=O)n1. The van der Waals surface area contributed by atoms with Gasteiger partial charge >= 0.3 is 11.6 Å². The molecule has 1 aliphatic heterocycles. The minimum absolute atomic E-state index is 0.0864. The Morgan fingerprint density at radius 3 is 2.87 bits per heavy atom. The van der Waals surface area contributed by atoms with Gasteiger partial charge in [0.15, 0.2) is 6.10 Å². The first-order valence-electron chi connectivity index (χ1n) is 8.27. The van der Waals surface area contributed by atoms with E-state index in [1.165, 1.54) is 24.5 Å². The molecule has 15 heteroatoms. The van der Waals surface area contributed by atoms with Crippen molar-refractivity contribution in [3.63, 3.8) is 0 Å². The lowest BCUT2D eigenvalue weighted by atomic mass is 10.1. The normalized spacial score (nSPS) is 24.9. The number of carbonyl (C=O) groups excluding carboxylic acids is 1. The molecule has 0 bridgehead atoms. The molecule has 1 saturated heterocycles. The summed E-state index contributed by atoms with van der Waals surface area (Å²) in [4.78, 5) is 41.1. The van der Waals surface area contributed by atoms with E-state index in [0.717, 1.165) is 12.3 Å². The van der Waals surface area contributed by atoms with Gasteiger partial charge in [-0.25, -0.2) is 4.79 Å². The first-order chi connectivity index (χ1) is 14.0. The number of hydrogen-bond donors (Lipinski definition) is 4. The number of aliphatic hydroxyl groups is 1. The highest BCUT2D eigenvalue weighted by molar-refractivity contribution is 8.08. The molecule has 5 N–H and O–H groups in total. The molecule has 0 radical (unpaired) electrons. The fourth-order valence-corrected chi connectivity index (χ4v) is 3.84. The number of rotatable bonds is 6. The smallest absolute Gasteiger partial charge is 0.351 e. The fourth-order valence-electron chi connectivity index (χ4n) is 2.61. The predicted molar refractivity (Wildman–Crippen MR) is 102 cm³/mol. The van der Waals surface area contributed by atoms with Crippen LogP contribution >= 0.6 is 6.64 Å². The van der Waals surface area contributed by atoms with Gasteiger partial charge in [-0.2, -0.15) is 13.8 Å². The van der Waals surface area contributed by atoms with Crippen LogP contribution in [0.3, 0.4) is 0 Å². The number of anilines is 1. The summed E-state index contributed by atoms with van der Waals surface area (Å²) < 4.78 is 39.5. The Bertz CT molecular complexity index is 1040. The van der Waals surface area contributed by atoms with E-state index in [2.05, 4.69) is 15.1 Å². The average molecular weight is 463 g/mol. The van der Waals surface area contributed by atoms with E-state index in [1.807, 2.05) is 0 Å². The Morgan fingerprint density at radius 2 is 2.23 bits per heavy atom. The topological polar surface area (TPSA) is 162 Å². The lowest BCUT2D eigenvalue weighted by molar-refractivity contribution is -0.140. The standard InChI is InChI=1S/C15H16F2N5O6PS/c16-15(17)11(23)9(28-13(15)22-5-3-10(18)20-14(22)25)7-27-29(26,30)21-12(24)8-2-1-4-19-6-8/h1-6,9,11,13,23H,7H2,(H2,18,20,25)(H2,21,24,26,30)/t9-,11-,13-,29?/m1/s1. The molecule has 2 aromatic heterocycles. The van der Waals surface area contributed by atoms with Crippen LogP contribution in [0.15, 0.2) is 41.6 Å². The van der Waals surface area contributed by atoms with Crippen molar-refractivity contribution >= 4 is 30.2 Å². The van der Waals surface area contributed by atoms with Gasteiger partial charge in [-0.1, -0.05) is 0 Å². The third-order valence-corrected chi connectivity index (χ3v) is 5.64. The maximum Gasteiger partial charge on any atom is 0.351 e. The highest BCUT2D eigenvalue weighted by atomic mass is 32.5. The Balaban J connectivity index is 1.68. The predicted octanol–water partition coefficient (Wildman–Crippen LogP) is -0.223. The molecule has 1 unspecified atom stereocenters. The molecule has 162 valence electrons. The van der Waals surface area contributed by atoms with Crippen molar-refractivity contribution in [2.24, 2.45) is 0 Å². The number of nitrogens with zero attached hydrogens (tertiary/aromatic N) is 3. The number of nitrogen functional groups attached to an aromatic ring is 1. The number of hydrogen-bond acceptors (Lipinski definition) is 9. The molecule has 1 amide bonds. The van der Waals surface area contributed by atoms with Crippen molar-refractivity contribution in [2.75, 3.05) is 12.3 Å². The summed E-state index contributed by atoms with van der Waals surface area (Å²) >= 11 is 4.80. The highest BCUT2D eigenvalue weighted by Crippen LogP contribution is 2.44. The molecule has 0 aromatic carbocycles. The average Bonchev–Trinajstić information content (AvgIpc) is 2.90. The molecule has 2 aromatic rings. The van der Waals surface area contributed by atoms with E-state index in [0.29, 0.717) is 4.57 Å². The largest absolute Gasteiger partial charge is 0.384 e. The van der Waals surface area contributed by atoms with Crippen molar-refractivity contribution in [1.82, 2.24) is 19.6 Å². The quantitative estimate of drug-likeness (QED) is 0.421. The molecule has 0 spiro atoms. The summed E-state index contributed by atoms with van der Waals surface area (Å²) in [5.41, 5.74) is 4.31. The van der Waals surface area contributed by atoms with Crippen LogP contribution in [0.2, 0.25) is 0 Å². The van der Waals surface area contributed by atoms with Gasteiger partial charge in [0.05, 0.1) is 12.2 Å². The summed E-state index contributed by atoms with van der Waals surface area (Å²) in [6, 6.07) is 4.00. The van der Waals surface area contributed by atoms with Gasteiger partial charge in [0.25, 0.3) is 12.5 Å². The van der Waals surface area contributed by atoms with Gasteiger partial charge in [0.2, 0.25) is 6.23 Å². The first kappa shape index (κ1) is 22.3. The number of aliphatic hydroxyl groups excluding tert-OH is 1. The summed E-state index contributed by atoms with van der Waals surface area (Å²) in [5, 5.41) is 12.0. The zero-order valence-electron chi connectivity index (χ0n) is 15.0. The number of amides is 1. The zero-order chi connectivity index (χ0) is 22.1. The van der Waals surface area contributed by atoms with Crippen molar-refractivity contribution in [3.05, 3.63) is 52.8 Å². The number of nitrogens with one attached hydrogen (secondary N) is 1. The number of aromatic nitrogens is 3. The minimum Gasteiger partial charge on any atom is -0.384 e. The molecule has 3 heterocycles. The van der Waals surface area contributed by atoms with E-state index in [1.54, 1.807) is 0 Å². The van der Waals surface area contributed by atoms with Crippen LogP contribution in [0.5, 0.6) is 0 Å². The molecule has 11 nitrogen and oxygen atoms in total. The van der Waals surface area contributed by atoms with E-state index in [9.17, 15) is 28.4 Å². The molecule has 30 heavy (non-hydrogen) atoms. The molecule has 3 rings (SSSR count). The van der Waals surface area contributed by atoms with Crippen molar-refractivity contribution in [3.8, 4) is 0 Å². The molecule has 4 atom stereocenters. The maximum atomic E-state index is 14.5. The van der Waals surface area contributed by atoms with Crippen LogP contribution in [0, 0.1) is 0 Å². The number of ether oxygens (including phenoxy) is 1. The second-order valence-corrected chi connectivity index (χ2v) is 9.19. The van der Waals surface area contributed by atoms with Gasteiger partial charge in [-0.05, 0) is 30.0 Å². The molecule has 1 fully saturated rings. The number of pyridine rings is 1. The second kappa shape index (κ2) is 8.41. The lowest BCUT2D eigenvalue weighted by Crippen LogP contribution is -2.42. The first-order valence-corrected chi connectivity index (χ1v) is 10.9. The van der Waals surface area contributed by atoms with Crippen LogP contribution in [0.25, 0.3) is 0 Å². The monoisotopic (exact) mass is 463 g/mol. The second-order valence-electron chi connectivity index (χ2n) is 6.19. The molecule has 0 aliphatic carbocycles. The Hall–Kier alpha value is -2.35. The lowest BCUT2D eigenvalue weighted by Gasteiger charge is -2.21. The summed E-state index contributed by atoms with van der Waals surface area (Å²) in [6.07, 6.45) is -2.65. The van der Waals surface area contributed by atoms with Crippen molar-refractivity contribution in [1.29, 1.82) is 0 Å². The number of nitrogens with two attached hydrogens (primary N) is 1. The van der Waals surface area contributed by atoms with Crippen LogP contribution < -0.4 is 16.5 Å². The van der Waals surface area contributed by atoms with E-state index in [-0.39, 0.29) is 11.4 Å². The maximum absolute atomic E-state index is 14.5. The van der Waals surface area contributed by atoms with Gasteiger partial charge in [-0.3, -0.25) is 19.4 Å². The fraction of sp³-hybridized carbons (Fsp3) is 0.333. The van der Waals surface area contributed by atoms with E-state index in [4.69, 9.17) is 26.8 Å². The van der Waals surface area contributed by atoms with Crippen LogP contribution in [-0.2, 0) is 21.1 Å². The van der Waals surface area contributed by atoms with Crippen LogP contribution in [-0.4, -0.2) is 55.2 Å². The molecule has 0 saturated carbocycles. The van der Waals surface area contributed by atoms with E-state index >= 15 is 0 Å². The minimum atomic E-state index is -3.97. The van der Waals surface area contributed by atoms with Crippen molar-refractivity contribution in [2.45, 2.75) is 24.4 Å². The molecule has 1 aliphatic rings. The molecular weight excluding hydrogens is 447 g/mol. The number of carbonyl (C=O) groups is 1. The Kier molecular flexibility index (Phi) is 6.26. The summed E-state index contributed by atoms with van der Waals surface area (Å²) in [5.74, 6) is -4.86. The van der Waals surface area contributed by atoms with Crippen LogP contribution in [0.4, 0.5) is 14.6 Å². The third-order valence-electron chi connectivity index (χ3n) is 4.06. The summed E-state index contributed by atoms with van der Waals surface area (Å²) in [6.45, 7) is -4.76. The number of halogens is 2. The summed E-state index contributed by atoms with van der Waals surface area (Å²) in [7, 11) is 0. The van der Waals surface area contributed by atoms with Gasteiger partial charge in [-0.15, -0.1) is 0 Å². The Morgan fingerprint density at radius 1 is 1.50 bits per heavy atom. The van der Waals surface area contributed by atoms with Crippen LogP contribution in [0.1, 0.15) is 16.6 Å². The molecular formula is C15H16F2N5O6PS. The highest BCUT2D eigenvalue weighted by Gasteiger charge is 2.60. The van der Waals surface area contributed by atoms with Gasteiger partial charge in [0, 0.05) is 18.6 Å². The van der Waals surface area contributed by atoms with Gasteiger partial charge < -0.3 is 25.0 Å². The Labute approximate surface area is 172 Å². The number of alkyl halides is 2.